The standard InChI is InChI=1S/C31H28N4O6/c1-18-26(32-31(38)39-20(3)21-8-6-5-7-9-21)29(41-34-18)24-12-10-22(11-13-24)23-14-16-25(17-15-23)40-28-19(2)35(4)33-27(28)30(36)37/h5-17,20H,1-4H3,(H,32,38)(H,36,37)/t20-/m1/s1. The molecule has 0 unspecified atom stereocenters. The first kappa shape index (κ1) is 27.2. The number of hydrogen-bond acceptors (Lipinski definition) is 7. The molecule has 0 radical (unpaired) electrons. The number of carboxylic acid groups (broad SMARTS) is 1. The maximum Gasteiger partial charge on any atom is 0.412 e. The van der Waals surface area contributed by atoms with Gasteiger partial charge in [-0.05, 0) is 49.6 Å². The molecule has 2 N–H and O–H groups in total. The van der Waals surface area contributed by atoms with Gasteiger partial charge < -0.3 is 19.1 Å². The second-order valence-corrected chi connectivity index (χ2v) is 9.45. The van der Waals surface area contributed by atoms with Crippen LogP contribution in [-0.4, -0.2) is 32.1 Å². The summed E-state index contributed by atoms with van der Waals surface area (Å²) in [5, 5.41) is 20.2. The summed E-state index contributed by atoms with van der Waals surface area (Å²) in [6.07, 6.45) is -1.03. The monoisotopic (exact) mass is 552 g/mol. The normalized spacial score (nSPS) is 11.6. The lowest BCUT2D eigenvalue weighted by Gasteiger charge is -2.14. The van der Waals surface area contributed by atoms with Crippen LogP contribution in [0.25, 0.3) is 22.5 Å². The van der Waals surface area contributed by atoms with Crippen LogP contribution in [0.15, 0.2) is 83.4 Å². The Morgan fingerprint density at radius 2 is 1.54 bits per heavy atom. The number of amides is 1. The van der Waals surface area contributed by atoms with Crippen molar-refractivity contribution in [3.63, 3.8) is 0 Å². The molecule has 1 atom stereocenters. The number of rotatable bonds is 8. The number of carbonyl (C=O) groups excluding carboxylic acids is 1. The molecule has 0 saturated carbocycles. The van der Waals surface area contributed by atoms with Crippen molar-refractivity contribution in [1.29, 1.82) is 0 Å². The minimum Gasteiger partial charge on any atom is -0.476 e. The van der Waals surface area contributed by atoms with E-state index in [1.165, 1.54) is 4.68 Å². The molecule has 2 heterocycles. The smallest absolute Gasteiger partial charge is 0.412 e. The van der Waals surface area contributed by atoms with Gasteiger partial charge in [0.1, 0.15) is 23.2 Å². The Bertz CT molecular complexity index is 1690. The predicted molar refractivity (Wildman–Crippen MR) is 152 cm³/mol. The zero-order valence-electron chi connectivity index (χ0n) is 22.9. The van der Waals surface area contributed by atoms with Crippen molar-refractivity contribution in [3.05, 3.63) is 102 Å². The Morgan fingerprint density at radius 3 is 2.17 bits per heavy atom. The molecule has 0 saturated heterocycles. The average molecular weight is 553 g/mol. The lowest BCUT2D eigenvalue weighted by Crippen LogP contribution is -2.16. The predicted octanol–water partition coefficient (Wildman–Crippen LogP) is 7.16. The molecule has 0 aliphatic carbocycles. The van der Waals surface area contributed by atoms with Gasteiger partial charge in [0.05, 0.1) is 5.69 Å². The van der Waals surface area contributed by atoms with E-state index in [4.69, 9.17) is 14.0 Å². The van der Waals surface area contributed by atoms with Crippen LogP contribution in [0.5, 0.6) is 11.5 Å². The number of carboxylic acids is 1. The molecule has 0 aliphatic heterocycles. The Hall–Kier alpha value is -5.38. The van der Waals surface area contributed by atoms with Crippen LogP contribution in [0.3, 0.4) is 0 Å². The number of anilines is 1. The van der Waals surface area contributed by atoms with Gasteiger partial charge in [0.15, 0.2) is 11.5 Å². The number of aromatic carboxylic acids is 1. The summed E-state index contributed by atoms with van der Waals surface area (Å²) in [7, 11) is 1.67. The summed E-state index contributed by atoms with van der Waals surface area (Å²) in [6.45, 7) is 5.30. The van der Waals surface area contributed by atoms with E-state index >= 15 is 0 Å². The molecule has 208 valence electrons. The highest BCUT2D eigenvalue weighted by atomic mass is 16.6. The van der Waals surface area contributed by atoms with Crippen LogP contribution in [0, 0.1) is 13.8 Å². The molecule has 1 amide bonds. The molecule has 2 aromatic heterocycles. The van der Waals surface area contributed by atoms with Crippen LogP contribution >= 0.6 is 0 Å². The van der Waals surface area contributed by atoms with Crippen LogP contribution in [0.2, 0.25) is 0 Å². The Labute approximate surface area is 236 Å². The van der Waals surface area contributed by atoms with Crippen LogP contribution in [-0.2, 0) is 11.8 Å². The second kappa shape index (κ2) is 11.4. The van der Waals surface area contributed by atoms with Gasteiger partial charge in [0.25, 0.3) is 0 Å². The van der Waals surface area contributed by atoms with Crippen LogP contribution in [0.4, 0.5) is 10.5 Å². The maximum absolute atomic E-state index is 12.6. The summed E-state index contributed by atoms with van der Waals surface area (Å²) in [6, 6.07) is 24.4. The van der Waals surface area contributed by atoms with Crippen molar-refractivity contribution in [2.45, 2.75) is 26.9 Å². The SMILES string of the molecule is Cc1noc(-c2ccc(-c3ccc(Oc4c(C(=O)O)nn(C)c4C)cc3)cc2)c1NC(=O)O[C@H](C)c1ccccc1. The first-order valence-corrected chi connectivity index (χ1v) is 12.9. The lowest BCUT2D eigenvalue weighted by atomic mass is 10.0. The summed E-state index contributed by atoms with van der Waals surface area (Å²) in [5.41, 5.74) is 4.92. The third kappa shape index (κ3) is 5.81. The van der Waals surface area contributed by atoms with Crippen molar-refractivity contribution in [1.82, 2.24) is 14.9 Å². The van der Waals surface area contributed by atoms with E-state index in [2.05, 4.69) is 15.6 Å². The molecular weight excluding hydrogens is 524 g/mol. The third-order valence-electron chi connectivity index (χ3n) is 6.68. The fourth-order valence-electron chi connectivity index (χ4n) is 4.30. The van der Waals surface area contributed by atoms with E-state index in [-0.39, 0.29) is 11.4 Å². The van der Waals surface area contributed by atoms with Gasteiger partial charge in [-0.25, -0.2) is 9.59 Å². The second-order valence-electron chi connectivity index (χ2n) is 9.45. The first-order chi connectivity index (χ1) is 19.7. The number of nitrogens with zero attached hydrogens (tertiary/aromatic N) is 3. The number of benzene rings is 3. The highest BCUT2D eigenvalue weighted by Gasteiger charge is 2.22. The van der Waals surface area contributed by atoms with Gasteiger partial charge in [-0.1, -0.05) is 71.9 Å². The van der Waals surface area contributed by atoms with Gasteiger partial charge in [0, 0.05) is 12.6 Å². The molecule has 0 spiro atoms. The molecule has 41 heavy (non-hydrogen) atoms. The quantitative estimate of drug-likeness (QED) is 0.207. The first-order valence-electron chi connectivity index (χ1n) is 12.9. The van der Waals surface area contributed by atoms with E-state index in [1.807, 2.05) is 66.7 Å². The number of hydrogen-bond donors (Lipinski definition) is 2. The maximum atomic E-state index is 12.6. The molecule has 0 aliphatic rings. The number of carbonyl (C=O) groups is 2. The van der Waals surface area contributed by atoms with Crippen LogP contribution < -0.4 is 10.1 Å². The van der Waals surface area contributed by atoms with Gasteiger partial charge in [-0.15, -0.1) is 0 Å². The number of aryl methyl sites for hydroxylation is 2. The van der Waals surface area contributed by atoms with E-state index in [0.29, 0.717) is 28.6 Å². The topological polar surface area (TPSA) is 129 Å². The molecule has 3 aromatic carbocycles. The van der Waals surface area contributed by atoms with E-state index in [1.54, 1.807) is 40.0 Å². The van der Waals surface area contributed by atoms with E-state index in [9.17, 15) is 14.7 Å². The molecule has 10 heteroatoms. The van der Waals surface area contributed by atoms with Gasteiger partial charge in [-0.3, -0.25) is 10.00 Å². The Morgan fingerprint density at radius 1 is 0.927 bits per heavy atom. The summed E-state index contributed by atoms with van der Waals surface area (Å²) < 4.78 is 18.4. The van der Waals surface area contributed by atoms with Gasteiger partial charge in [-0.2, -0.15) is 5.10 Å². The number of aromatic nitrogens is 3. The zero-order chi connectivity index (χ0) is 29.1. The van der Waals surface area contributed by atoms with Crippen molar-refractivity contribution < 1.29 is 28.7 Å². The molecule has 0 fully saturated rings. The summed E-state index contributed by atoms with van der Waals surface area (Å²) in [4.78, 5) is 24.2. The van der Waals surface area contributed by atoms with Crippen molar-refractivity contribution in [3.8, 4) is 33.9 Å². The van der Waals surface area contributed by atoms with E-state index in [0.717, 1.165) is 22.3 Å². The van der Waals surface area contributed by atoms with Crippen LogP contribution in [0.1, 0.15) is 40.5 Å². The average Bonchev–Trinajstić information content (AvgIpc) is 3.48. The molecule has 10 nitrogen and oxygen atoms in total. The Balaban J connectivity index is 1.29. The highest BCUT2D eigenvalue weighted by molar-refractivity contribution is 5.91. The van der Waals surface area contributed by atoms with Crippen molar-refractivity contribution in [2.75, 3.05) is 5.32 Å². The molecule has 0 bridgehead atoms. The lowest BCUT2D eigenvalue weighted by molar-refractivity contribution is 0.0686. The van der Waals surface area contributed by atoms with Crippen molar-refractivity contribution >= 4 is 17.7 Å². The highest BCUT2D eigenvalue weighted by Crippen LogP contribution is 2.34. The fourth-order valence-corrected chi connectivity index (χ4v) is 4.30. The summed E-state index contributed by atoms with van der Waals surface area (Å²) >= 11 is 0. The minimum absolute atomic E-state index is 0.139. The summed E-state index contributed by atoms with van der Waals surface area (Å²) in [5.74, 6) is -0.0323. The van der Waals surface area contributed by atoms with Gasteiger partial charge >= 0.3 is 12.1 Å². The number of ether oxygens (including phenoxy) is 2. The molecule has 5 rings (SSSR count). The fraction of sp³-hybridized carbons (Fsp3) is 0.161. The van der Waals surface area contributed by atoms with Crippen molar-refractivity contribution in [2.24, 2.45) is 7.05 Å². The zero-order valence-corrected chi connectivity index (χ0v) is 22.9. The Kier molecular flexibility index (Phi) is 7.55. The van der Waals surface area contributed by atoms with E-state index < -0.39 is 18.2 Å². The minimum atomic E-state index is -1.15. The largest absolute Gasteiger partial charge is 0.476 e. The molecule has 5 aromatic rings. The molecular formula is C31H28N4O6. The number of nitrogens with one attached hydrogen (secondary N) is 1. The third-order valence-corrected chi connectivity index (χ3v) is 6.68. The van der Waals surface area contributed by atoms with Gasteiger partial charge in [0.2, 0.25) is 5.69 Å².